The highest BCUT2D eigenvalue weighted by atomic mass is 16.2. The monoisotopic (exact) mass is 402 g/mol. The predicted molar refractivity (Wildman–Crippen MR) is 115 cm³/mol. The van der Waals surface area contributed by atoms with Crippen molar-refractivity contribution in [3.05, 3.63) is 29.3 Å². The number of piperidine rings is 1. The number of likely N-dealkylation sites (tertiary alicyclic amines) is 1. The second-order valence-corrected chi connectivity index (χ2v) is 9.10. The summed E-state index contributed by atoms with van der Waals surface area (Å²) < 4.78 is 0. The van der Waals surface area contributed by atoms with Crippen LogP contribution in [0.3, 0.4) is 0 Å². The molecular formula is C23H38N4O2+2. The van der Waals surface area contributed by atoms with Crippen molar-refractivity contribution < 1.29 is 19.4 Å². The highest BCUT2D eigenvalue weighted by molar-refractivity contribution is 5.93. The normalized spacial score (nSPS) is 27.5. The average molecular weight is 403 g/mol. The molecule has 2 amide bonds. The Kier molecular flexibility index (Phi) is 7.30. The zero-order valence-corrected chi connectivity index (χ0v) is 18.5. The van der Waals surface area contributed by atoms with Crippen molar-refractivity contribution in [1.29, 1.82) is 0 Å². The summed E-state index contributed by atoms with van der Waals surface area (Å²) in [5, 5.41) is 3.09. The van der Waals surface area contributed by atoms with Crippen LogP contribution < -0.4 is 15.1 Å². The van der Waals surface area contributed by atoms with Gasteiger partial charge in [0.1, 0.15) is 26.2 Å². The minimum Gasteiger partial charge on any atom is -0.332 e. The number of nitrogens with one attached hydrogen (secondary N) is 3. The van der Waals surface area contributed by atoms with E-state index in [1.807, 2.05) is 32.0 Å². The van der Waals surface area contributed by atoms with Crippen molar-refractivity contribution in [3.63, 3.8) is 0 Å². The minimum atomic E-state index is 0.0768. The van der Waals surface area contributed by atoms with Gasteiger partial charge in [-0.1, -0.05) is 18.2 Å². The molecule has 0 unspecified atom stereocenters. The summed E-state index contributed by atoms with van der Waals surface area (Å²) in [7, 11) is 0. The molecule has 6 nitrogen and oxygen atoms in total. The maximum absolute atomic E-state index is 12.8. The van der Waals surface area contributed by atoms with Crippen LogP contribution in [0.1, 0.15) is 44.2 Å². The van der Waals surface area contributed by atoms with E-state index in [4.69, 9.17) is 0 Å². The number of nitrogens with zero attached hydrogens (tertiary/aromatic N) is 1. The fourth-order valence-electron chi connectivity index (χ4n) is 4.95. The molecule has 2 heterocycles. The van der Waals surface area contributed by atoms with Gasteiger partial charge in [-0.25, -0.2) is 0 Å². The lowest BCUT2D eigenvalue weighted by molar-refractivity contribution is -1.00. The number of carbonyl (C=O) groups is 2. The highest BCUT2D eigenvalue weighted by Crippen LogP contribution is 2.22. The van der Waals surface area contributed by atoms with E-state index in [1.54, 1.807) is 0 Å². The summed E-state index contributed by atoms with van der Waals surface area (Å²) in [6.07, 6.45) is 3.47. The number of benzene rings is 1. The van der Waals surface area contributed by atoms with Gasteiger partial charge in [0, 0.05) is 17.8 Å². The molecule has 3 N–H and O–H groups in total. The Morgan fingerprint density at radius 1 is 0.966 bits per heavy atom. The molecule has 1 aromatic rings. The molecule has 1 aromatic carbocycles. The number of piperazine rings is 1. The molecule has 3 rings (SSSR count). The van der Waals surface area contributed by atoms with Crippen LogP contribution in [-0.2, 0) is 9.59 Å². The first kappa shape index (κ1) is 21.8. The molecule has 0 spiro atoms. The lowest BCUT2D eigenvalue weighted by Crippen LogP contribution is -3.28. The fraction of sp³-hybridized carbons (Fsp3) is 0.652. The second-order valence-electron chi connectivity index (χ2n) is 9.10. The number of amides is 2. The number of carbonyl (C=O) groups excluding carboxylic acids is 2. The first-order valence-electron chi connectivity index (χ1n) is 11.2. The Morgan fingerprint density at radius 3 is 2.03 bits per heavy atom. The Morgan fingerprint density at radius 2 is 1.48 bits per heavy atom. The van der Waals surface area contributed by atoms with E-state index in [9.17, 15) is 9.59 Å². The van der Waals surface area contributed by atoms with E-state index in [1.165, 1.54) is 16.2 Å². The van der Waals surface area contributed by atoms with Crippen molar-refractivity contribution in [2.45, 2.75) is 59.0 Å². The largest absolute Gasteiger partial charge is 0.332 e. The topological polar surface area (TPSA) is 58.3 Å². The molecule has 0 aliphatic carbocycles. The third-order valence-corrected chi connectivity index (χ3v) is 6.70. The molecule has 0 bridgehead atoms. The SMILES string of the molecule is Cc1cccc(C)c1NC(=O)C[NH+]1CC[NH+](CC(=O)N2[C@@H](C)CCC[C@@H]2C)CC1. The van der Waals surface area contributed by atoms with Gasteiger partial charge in [-0.2, -0.15) is 0 Å². The Labute approximate surface area is 175 Å². The van der Waals surface area contributed by atoms with Crippen molar-refractivity contribution in [2.24, 2.45) is 0 Å². The minimum absolute atomic E-state index is 0.0768. The van der Waals surface area contributed by atoms with Crippen LogP contribution in [0.5, 0.6) is 0 Å². The van der Waals surface area contributed by atoms with E-state index in [2.05, 4.69) is 24.1 Å². The summed E-state index contributed by atoms with van der Waals surface area (Å²) in [5.74, 6) is 0.379. The van der Waals surface area contributed by atoms with Gasteiger partial charge in [-0.05, 0) is 58.1 Å². The average Bonchev–Trinajstić information content (AvgIpc) is 2.66. The van der Waals surface area contributed by atoms with Crippen LogP contribution in [0, 0.1) is 13.8 Å². The van der Waals surface area contributed by atoms with Crippen molar-refractivity contribution in [1.82, 2.24) is 4.90 Å². The van der Waals surface area contributed by atoms with Crippen molar-refractivity contribution in [3.8, 4) is 0 Å². The van der Waals surface area contributed by atoms with E-state index < -0.39 is 0 Å². The molecule has 2 aliphatic heterocycles. The van der Waals surface area contributed by atoms with E-state index in [-0.39, 0.29) is 5.91 Å². The molecule has 2 aliphatic rings. The zero-order valence-electron chi connectivity index (χ0n) is 18.5. The summed E-state index contributed by atoms with van der Waals surface area (Å²) in [5.41, 5.74) is 3.14. The van der Waals surface area contributed by atoms with Gasteiger partial charge in [0.15, 0.2) is 13.1 Å². The molecule has 0 aromatic heterocycles. The second kappa shape index (κ2) is 9.72. The van der Waals surface area contributed by atoms with E-state index >= 15 is 0 Å². The maximum atomic E-state index is 12.8. The number of quaternary nitrogens is 2. The molecule has 2 fully saturated rings. The van der Waals surface area contributed by atoms with Crippen molar-refractivity contribution >= 4 is 17.5 Å². The number of rotatable bonds is 5. The van der Waals surface area contributed by atoms with E-state index in [0.717, 1.165) is 55.8 Å². The molecule has 0 radical (unpaired) electrons. The molecule has 160 valence electrons. The third-order valence-electron chi connectivity index (χ3n) is 6.70. The number of hydrogen-bond donors (Lipinski definition) is 3. The van der Waals surface area contributed by atoms with Gasteiger partial charge >= 0.3 is 0 Å². The highest BCUT2D eigenvalue weighted by Gasteiger charge is 2.33. The van der Waals surface area contributed by atoms with Gasteiger partial charge in [0.05, 0.1) is 0 Å². The summed E-state index contributed by atoms with van der Waals surface area (Å²) >= 11 is 0. The Balaban J connectivity index is 1.44. The summed E-state index contributed by atoms with van der Waals surface area (Å²) in [4.78, 5) is 30.2. The molecule has 6 heteroatoms. The van der Waals surface area contributed by atoms with E-state index in [0.29, 0.717) is 31.1 Å². The van der Waals surface area contributed by atoms with Crippen LogP contribution >= 0.6 is 0 Å². The molecular weight excluding hydrogens is 364 g/mol. The third kappa shape index (κ3) is 5.58. The number of anilines is 1. The quantitative estimate of drug-likeness (QED) is 0.640. The molecule has 2 saturated heterocycles. The van der Waals surface area contributed by atoms with Gasteiger partial charge in [0.2, 0.25) is 0 Å². The number of aryl methyl sites for hydroxylation is 2. The molecule has 2 atom stereocenters. The predicted octanol–water partition coefficient (Wildman–Crippen LogP) is -0.185. The number of para-hydroxylation sites is 1. The molecule has 0 saturated carbocycles. The van der Waals surface area contributed by atoms with Gasteiger partial charge in [-0.3, -0.25) is 9.59 Å². The fourth-order valence-corrected chi connectivity index (χ4v) is 4.95. The van der Waals surface area contributed by atoms with Gasteiger partial charge in [-0.15, -0.1) is 0 Å². The summed E-state index contributed by atoms with van der Waals surface area (Å²) in [6, 6.07) is 6.80. The standard InChI is InChI=1S/C23H36N4O2/c1-17-7-5-8-18(2)23(17)24-21(28)15-25-11-13-26(14-12-25)16-22(29)27-19(3)9-6-10-20(27)4/h5,7-8,19-20H,6,9-16H2,1-4H3,(H,24,28)/p+2/t19-,20-/m0/s1. The van der Waals surface area contributed by atoms with Crippen LogP contribution in [-0.4, -0.2) is 68.1 Å². The maximum Gasteiger partial charge on any atom is 0.279 e. The van der Waals surface area contributed by atoms with Crippen molar-refractivity contribution in [2.75, 3.05) is 44.6 Å². The Bertz CT molecular complexity index is 697. The smallest absolute Gasteiger partial charge is 0.279 e. The van der Waals surface area contributed by atoms with Crippen LogP contribution in [0.2, 0.25) is 0 Å². The Hall–Kier alpha value is -1.92. The van der Waals surface area contributed by atoms with Gasteiger partial charge < -0.3 is 20.0 Å². The molecule has 29 heavy (non-hydrogen) atoms. The van der Waals surface area contributed by atoms with Crippen LogP contribution in [0.4, 0.5) is 5.69 Å². The first-order valence-corrected chi connectivity index (χ1v) is 11.2. The zero-order chi connectivity index (χ0) is 21.0. The lowest BCUT2D eigenvalue weighted by atomic mass is 9.97. The van der Waals surface area contributed by atoms with Crippen LogP contribution in [0.15, 0.2) is 18.2 Å². The first-order chi connectivity index (χ1) is 13.8. The lowest BCUT2D eigenvalue weighted by Gasteiger charge is -2.39. The number of hydrogen-bond acceptors (Lipinski definition) is 2. The van der Waals surface area contributed by atoms with Gasteiger partial charge in [0.25, 0.3) is 11.8 Å². The summed E-state index contributed by atoms with van der Waals surface area (Å²) in [6.45, 7) is 13.3. The van der Waals surface area contributed by atoms with Crippen LogP contribution in [0.25, 0.3) is 0 Å².